The van der Waals surface area contributed by atoms with Gasteiger partial charge in [0, 0.05) is 7.05 Å². The van der Waals surface area contributed by atoms with Crippen LogP contribution in [0.3, 0.4) is 0 Å². The van der Waals surface area contributed by atoms with Gasteiger partial charge in [0.2, 0.25) is 0 Å². The molecule has 1 aromatic heterocycles. The lowest BCUT2D eigenvalue weighted by molar-refractivity contribution is 0.585. The van der Waals surface area contributed by atoms with E-state index in [1.807, 2.05) is 0 Å². The average molecular weight is 209 g/mol. The van der Waals surface area contributed by atoms with E-state index >= 15 is 0 Å². The van der Waals surface area contributed by atoms with Gasteiger partial charge in [0.15, 0.2) is 0 Å². The Morgan fingerprint density at radius 2 is 1.87 bits per heavy atom. The number of aryl methyl sites for hydroxylation is 1. The van der Waals surface area contributed by atoms with Crippen LogP contribution in [0.2, 0.25) is 0 Å². The minimum absolute atomic E-state index is 0.144. The zero-order valence-corrected chi connectivity index (χ0v) is 8.04. The van der Waals surface area contributed by atoms with E-state index in [1.165, 1.54) is 29.1 Å². The Hall–Kier alpha value is -1.91. The van der Waals surface area contributed by atoms with Gasteiger partial charge in [-0.1, -0.05) is 6.07 Å². The summed E-state index contributed by atoms with van der Waals surface area (Å²) in [5.74, 6) is -1.30. The van der Waals surface area contributed by atoms with Crippen molar-refractivity contribution in [3.05, 3.63) is 36.0 Å². The molecule has 1 aromatic carbocycles. The van der Waals surface area contributed by atoms with Crippen molar-refractivity contribution in [2.75, 3.05) is 5.73 Å². The first kappa shape index (κ1) is 9.64. The molecule has 1 heterocycles. The number of rotatable bonds is 1. The van der Waals surface area contributed by atoms with Crippen LogP contribution in [0.4, 0.5) is 14.5 Å². The van der Waals surface area contributed by atoms with Gasteiger partial charge in [-0.05, 0) is 12.1 Å². The molecule has 0 aliphatic heterocycles. The third kappa shape index (κ3) is 1.45. The third-order valence-corrected chi connectivity index (χ3v) is 2.17. The molecule has 3 nitrogen and oxygen atoms in total. The standard InChI is InChI=1S/C10H9F2N3/c1-15-10(8(13)5-14-15)9-6(11)3-2-4-7(9)12/h2-5H,13H2,1H3. The molecule has 0 spiro atoms. The van der Waals surface area contributed by atoms with Crippen LogP contribution < -0.4 is 5.73 Å². The second-order valence-corrected chi connectivity index (χ2v) is 3.17. The normalized spacial score (nSPS) is 10.6. The Balaban J connectivity index is 2.74. The highest BCUT2D eigenvalue weighted by atomic mass is 19.1. The van der Waals surface area contributed by atoms with Gasteiger partial charge in [-0.15, -0.1) is 0 Å². The predicted molar refractivity (Wildman–Crippen MR) is 53.0 cm³/mol. The number of benzene rings is 1. The van der Waals surface area contributed by atoms with Crippen LogP contribution in [0.15, 0.2) is 24.4 Å². The van der Waals surface area contributed by atoms with Gasteiger partial charge in [0.05, 0.1) is 23.1 Å². The molecule has 0 unspecified atom stereocenters. The smallest absolute Gasteiger partial charge is 0.135 e. The summed E-state index contributed by atoms with van der Waals surface area (Å²) < 4.78 is 28.2. The Bertz CT molecular complexity index is 466. The van der Waals surface area contributed by atoms with Crippen molar-refractivity contribution in [2.45, 2.75) is 0 Å². The van der Waals surface area contributed by atoms with Gasteiger partial charge >= 0.3 is 0 Å². The average Bonchev–Trinajstić information content (AvgIpc) is 2.49. The van der Waals surface area contributed by atoms with Gasteiger partial charge in [-0.3, -0.25) is 4.68 Å². The van der Waals surface area contributed by atoms with Crippen molar-refractivity contribution >= 4 is 5.69 Å². The molecule has 0 radical (unpaired) electrons. The summed E-state index contributed by atoms with van der Waals surface area (Å²) in [6.45, 7) is 0. The Morgan fingerprint density at radius 1 is 1.27 bits per heavy atom. The van der Waals surface area contributed by atoms with Crippen molar-refractivity contribution < 1.29 is 8.78 Å². The largest absolute Gasteiger partial charge is 0.396 e. The van der Waals surface area contributed by atoms with E-state index < -0.39 is 11.6 Å². The molecule has 5 heteroatoms. The van der Waals surface area contributed by atoms with E-state index in [2.05, 4.69) is 5.10 Å². The number of hydrogen-bond donors (Lipinski definition) is 1. The van der Waals surface area contributed by atoms with Gasteiger partial charge in [0.1, 0.15) is 11.6 Å². The molecule has 2 N–H and O–H groups in total. The van der Waals surface area contributed by atoms with Crippen molar-refractivity contribution in [3.63, 3.8) is 0 Å². The highest BCUT2D eigenvalue weighted by molar-refractivity contribution is 5.73. The van der Waals surface area contributed by atoms with E-state index in [0.717, 1.165) is 0 Å². The molecule has 15 heavy (non-hydrogen) atoms. The van der Waals surface area contributed by atoms with Crippen LogP contribution >= 0.6 is 0 Å². The van der Waals surface area contributed by atoms with Crippen LogP contribution in [-0.4, -0.2) is 9.78 Å². The van der Waals surface area contributed by atoms with Gasteiger partial charge in [-0.25, -0.2) is 8.78 Å². The number of anilines is 1. The minimum Gasteiger partial charge on any atom is -0.396 e. The Kier molecular flexibility index (Phi) is 2.15. The van der Waals surface area contributed by atoms with Crippen LogP contribution in [-0.2, 0) is 7.05 Å². The summed E-state index contributed by atoms with van der Waals surface area (Å²) in [4.78, 5) is 0. The van der Waals surface area contributed by atoms with Crippen molar-refractivity contribution in [3.8, 4) is 11.3 Å². The molecule has 0 aliphatic rings. The number of halogens is 2. The quantitative estimate of drug-likeness (QED) is 0.780. The van der Waals surface area contributed by atoms with Crippen molar-refractivity contribution in [1.82, 2.24) is 9.78 Å². The van der Waals surface area contributed by atoms with E-state index in [1.54, 1.807) is 7.05 Å². The summed E-state index contributed by atoms with van der Waals surface area (Å²) in [7, 11) is 1.58. The molecule has 0 aliphatic carbocycles. The molecule has 0 atom stereocenters. The summed E-state index contributed by atoms with van der Waals surface area (Å²) in [6, 6.07) is 3.68. The number of nitrogens with zero attached hydrogens (tertiary/aromatic N) is 2. The first-order valence-electron chi connectivity index (χ1n) is 4.33. The molecule has 0 saturated carbocycles. The fraction of sp³-hybridized carbons (Fsp3) is 0.100. The second-order valence-electron chi connectivity index (χ2n) is 3.17. The minimum atomic E-state index is -0.648. The summed E-state index contributed by atoms with van der Waals surface area (Å²) in [5, 5.41) is 3.83. The van der Waals surface area contributed by atoms with E-state index in [4.69, 9.17) is 5.73 Å². The number of hydrogen-bond acceptors (Lipinski definition) is 2. The van der Waals surface area contributed by atoms with Gasteiger partial charge in [-0.2, -0.15) is 5.10 Å². The van der Waals surface area contributed by atoms with Crippen LogP contribution in [0.1, 0.15) is 0 Å². The Morgan fingerprint density at radius 3 is 2.33 bits per heavy atom. The van der Waals surface area contributed by atoms with Crippen LogP contribution in [0.25, 0.3) is 11.3 Å². The maximum Gasteiger partial charge on any atom is 0.135 e. The zero-order valence-electron chi connectivity index (χ0n) is 8.04. The lowest BCUT2D eigenvalue weighted by Crippen LogP contribution is -2.00. The first-order valence-corrected chi connectivity index (χ1v) is 4.33. The molecular formula is C10H9F2N3. The van der Waals surface area contributed by atoms with Gasteiger partial charge in [0.25, 0.3) is 0 Å². The monoisotopic (exact) mass is 209 g/mol. The summed E-state index contributed by atoms with van der Waals surface area (Å²) >= 11 is 0. The molecular weight excluding hydrogens is 200 g/mol. The summed E-state index contributed by atoms with van der Waals surface area (Å²) in [5.41, 5.74) is 5.96. The molecule has 0 bridgehead atoms. The molecule has 2 rings (SSSR count). The van der Waals surface area contributed by atoms with Crippen LogP contribution in [0, 0.1) is 11.6 Å². The zero-order chi connectivity index (χ0) is 11.0. The lowest BCUT2D eigenvalue weighted by Gasteiger charge is -2.06. The molecule has 2 aromatic rings. The SMILES string of the molecule is Cn1ncc(N)c1-c1c(F)cccc1F. The second kappa shape index (κ2) is 3.34. The number of nitrogen functional groups attached to an aromatic ring is 1. The maximum atomic E-state index is 13.4. The van der Waals surface area contributed by atoms with E-state index in [0.29, 0.717) is 0 Å². The predicted octanol–water partition coefficient (Wildman–Crippen LogP) is 1.95. The number of nitrogens with two attached hydrogens (primary N) is 1. The molecule has 0 amide bonds. The Labute approximate surface area is 85.1 Å². The first-order chi connectivity index (χ1) is 7.11. The molecule has 0 saturated heterocycles. The fourth-order valence-electron chi connectivity index (χ4n) is 1.48. The summed E-state index contributed by atoms with van der Waals surface area (Å²) in [6.07, 6.45) is 1.36. The van der Waals surface area contributed by atoms with Crippen LogP contribution in [0.5, 0.6) is 0 Å². The number of aromatic nitrogens is 2. The highest BCUT2D eigenvalue weighted by Gasteiger charge is 2.17. The third-order valence-electron chi connectivity index (χ3n) is 2.17. The molecule has 0 fully saturated rings. The highest BCUT2D eigenvalue weighted by Crippen LogP contribution is 2.29. The molecule has 78 valence electrons. The van der Waals surface area contributed by atoms with E-state index in [-0.39, 0.29) is 16.9 Å². The van der Waals surface area contributed by atoms with Crippen molar-refractivity contribution in [1.29, 1.82) is 0 Å². The van der Waals surface area contributed by atoms with Gasteiger partial charge < -0.3 is 5.73 Å². The van der Waals surface area contributed by atoms with Crippen molar-refractivity contribution in [2.24, 2.45) is 7.05 Å². The maximum absolute atomic E-state index is 13.4. The van der Waals surface area contributed by atoms with E-state index in [9.17, 15) is 8.78 Å². The topological polar surface area (TPSA) is 43.8 Å². The lowest BCUT2D eigenvalue weighted by atomic mass is 10.1. The fourth-order valence-corrected chi connectivity index (χ4v) is 1.48.